The van der Waals surface area contributed by atoms with E-state index in [9.17, 15) is 13.0 Å². The maximum absolute atomic E-state index is 13.2. The van der Waals surface area contributed by atoms with E-state index in [1.165, 1.54) is 0 Å². The van der Waals surface area contributed by atoms with E-state index in [-0.39, 0.29) is 16.9 Å². The van der Waals surface area contributed by atoms with Crippen molar-refractivity contribution in [3.05, 3.63) is 17.7 Å². The van der Waals surface area contributed by atoms with Crippen LogP contribution < -0.4 is 11.1 Å². The molecule has 0 fully saturated rings. The fourth-order valence-electron chi connectivity index (χ4n) is 1.16. The standard InChI is InChI=1S/C10H15F2N3OS/c1-6(17(2)16)3-4-14-10-8(12)5-7(11)9(13)15-10/h5-6H,3-4H2,1-2H3,(H3,13,14,15). The lowest BCUT2D eigenvalue weighted by atomic mass is 10.3. The molecule has 0 spiro atoms. The van der Waals surface area contributed by atoms with E-state index in [1.54, 1.807) is 6.26 Å². The Labute approximate surface area is 101 Å². The van der Waals surface area contributed by atoms with Gasteiger partial charge in [-0.1, -0.05) is 6.92 Å². The van der Waals surface area contributed by atoms with Crippen molar-refractivity contribution in [1.29, 1.82) is 0 Å². The Kier molecular flexibility index (Phi) is 4.80. The molecular weight excluding hydrogens is 248 g/mol. The van der Waals surface area contributed by atoms with Crippen LogP contribution in [0.25, 0.3) is 0 Å². The number of rotatable bonds is 5. The van der Waals surface area contributed by atoms with Gasteiger partial charge in [-0.3, -0.25) is 4.21 Å². The zero-order chi connectivity index (χ0) is 13.0. The van der Waals surface area contributed by atoms with Crippen LogP contribution >= 0.6 is 0 Å². The molecule has 96 valence electrons. The second kappa shape index (κ2) is 5.90. The summed E-state index contributed by atoms with van der Waals surface area (Å²) in [6, 6.07) is 0.687. The topological polar surface area (TPSA) is 68.0 Å². The lowest BCUT2D eigenvalue weighted by Gasteiger charge is -2.10. The summed E-state index contributed by atoms with van der Waals surface area (Å²) in [5, 5.41) is 2.70. The molecule has 0 amide bonds. The fourth-order valence-corrected chi connectivity index (χ4v) is 1.61. The van der Waals surface area contributed by atoms with Gasteiger partial charge in [-0.15, -0.1) is 0 Å². The van der Waals surface area contributed by atoms with Crippen LogP contribution in [0.1, 0.15) is 13.3 Å². The van der Waals surface area contributed by atoms with Gasteiger partial charge in [-0.25, -0.2) is 13.8 Å². The number of nitrogens with one attached hydrogen (secondary N) is 1. The zero-order valence-electron chi connectivity index (χ0n) is 9.67. The number of pyridine rings is 1. The quantitative estimate of drug-likeness (QED) is 0.845. The number of nitrogens with zero attached hydrogens (tertiary/aromatic N) is 1. The number of aromatic nitrogens is 1. The molecule has 0 aliphatic rings. The Morgan fingerprint density at radius 3 is 2.76 bits per heavy atom. The van der Waals surface area contributed by atoms with Gasteiger partial charge in [0.1, 0.15) is 0 Å². The average Bonchev–Trinajstić information content (AvgIpc) is 2.25. The van der Waals surface area contributed by atoms with Gasteiger partial charge in [-0.05, 0) is 6.42 Å². The van der Waals surface area contributed by atoms with Crippen molar-refractivity contribution in [2.75, 3.05) is 23.9 Å². The first kappa shape index (κ1) is 13.8. The summed E-state index contributed by atoms with van der Waals surface area (Å²) < 4.78 is 37.1. The number of halogens is 2. The molecule has 2 unspecified atom stereocenters. The highest BCUT2D eigenvalue weighted by molar-refractivity contribution is 7.84. The molecule has 3 N–H and O–H groups in total. The summed E-state index contributed by atoms with van der Waals surface area (Å²) in [6.07, 6.45) is 2.21. The largest absolute Gasteiger partial charge is 0.381 e. The zero-order valence-corrected chi connectivity index (χ0v) is 10.5. The molecule has 4 nitrogen and oxygen atoms in total. The Morgan fingerprint density at radius 1 is 1.53 bits per heavy atom. The molecular formula is C10H15F2N3OS. The SMILES string of the molecule is CC(CCNc1nc(N)c(F)cc1F)S(C)=O. The second-order valence-corrected chi connectivity index (χ2v) is 5.51. The van der Waals surface area contributed by atoms with Crippen molar-refractivity contribution < 1.29 is 13.0 Å². The van der Waals surface area contributed by atoms with Crippen molar-refractivity contribution >= 4 is 22.4 Å². The molecule has 0 aromatic carbocycles. The average molecular weight is 263 g/mol. The molecule has 0 bridgehead atoms. The molecule has 2 atom stereocenters. The maximum atomic E-state index is 13.2. The lowest BCUT2D eigenvalue weighted by molar-refractivity contribution is 0.579. The van der Waals surface area contributed by atoms with Crippen molar-refractivity contribution in [1.82, 2.24) is 4.98 Å². The predicted octanol–water partition coefficient (Wildman–Crippen LogP) is 1.51. The van der Waals surface area contributed by atoms with Crippen LogP contribution in [0, 0.1) is 11.6 Å². The summed E-state index contributed by atoms with van der Waals surface area (Å²) in [6.45, 7) is 2.23. The minimum absolute atomic E-state index is 0.00311. The number of hydrogen-bond acceptors (Lipinski definition) is 4. The van der Waals surface area contributed by atoms with E-state index in [0.717, 1.165) is 0 Å². The van der Waals surface area contributed by atoms with Crippen LogP contribution in [0.15, 0.2) is 6.07 Å². The number of nitrogens with two attached hydrogens (primary N) is 1. The van der Waals surface area contributed by atoms with Crippen LogP contribution in [-0.2, 0) is 10.8 Å². The van der Waals surface area contributed by atoms with Crippen LogP contribution in [0.4, 0.5) is 20.4 Å². The smallest absolute Gasteiger partial charge is 0.168 e. The molecule has 0 aliphatic carbocycles. The number of nitrogen functional groups attached to an aromatic ring is 1. The van der Waals surface area contributed by atoms with Gasteiger partial charge in [-0.2, -0.15) is 0 Å². The Bertz CT molecular complexity index is 428. The van der Waals surface area contributed by atoms with Crippen LogP contribution in [0.2, 0.25) is 0 Å². The lowest BCUT2D eigenvalue weighted by Crippen LogP contribution is -2.16. The highest BCUT2D eigenvalue weighted by atomic mass is 32.2. The molecule has 7 heteroatoms. The van der Waals surface area contributed by atoms with E-state index in [0.29, 0.717) is 19.0 Å². The summed E-state index contributed by atoms with van der Waals surface area (Å²) in [4.78, 5) is 3.55. The second-order valence-electron chi connectivity index (χ2n) is 3.71. The first-order valence-corrected chi connectivity index (χ1v) is 6.71. The van der Waals surface area contributed by atoms with E-state index < -0.39 is 22.4 Å². The van der Waals surface area contributed by atoms with Crippen molar-refractivity contribution in [2.24, 2.45) is 0 Å². The predicted molar refractivity (Wildman–Crippen MR) is 65.2 cm³/mol. The van der Waals surface area contributed by atoms with Gasteiger partial charge in [0.15, 0.2) is 23.3 Å². The first-order chi connectivity index (χ1) is 7.91. The molecule has 0 aliphatic heterocycles. The molecule has 1 heterocycles. The molecule has 0 radical (unpaired) electrons. The van der Waals surface area contributed by atoms with Gasteiger partial charge >= 0.3 is 0 Å². The van der Waals surface area contributed by atoms with Gasteiger partial charge in [0.05, 0.1) is 0 Å². The normalized spacial score (nSPS) is 14.4. The maximum Gasteiger partial charge on any atom is 0.168 e. The molecule has 1 aromatic heterocycles. The molecule has 17 heavy (non-hydrogen) atoms. The molecule has 0 saturated heterocycles. The third kappa shape index (κ3) is 3.92. The monoisotopic (exact) mass is 263 g/mol. The number of hydrogen-bond donors (Lipinski definition) is 2. The summed E-state index contributed by atoms with van der Waals surface area (Å²) in [7, 11) is -0.920. The number of anilines is 2. The van der Waals surface area contributed by atoms with Crippen molar-refractivity contribution in [3.63, 3.8) is 0 Å². The van der Waals surface area contributed by atoms with E-state index >= 15 is 0 Å². The van der Waals surface area contributed by atoms with Crippen LogP contribution in [0.3, 0.4) is 0 Å². The first-order valence-electron chi connectivity index (χ1n) is 5.09. The Balaban J connectivity index is 2.58. The fraction of sp³-hybridized carbons (Fsp3) is 0.500. The highest BCUT2D eigenvalue weighted by Crippen LogP contribution is 2.16. The summed E-state index contributed by atoms with van der Waals surface area (Å²) >= 11 is 0. The highest BCUT2D eigenvalue weighted by Gasteiger charge is 2.10. The van der Waals surface area contributed by atoms with Crippen LogP contribution in [-0.4, -0.2) is 27.2 Å². The summed E-state index contributed by atoms with van der Waals surface area (Å²) in [5.74, 6) is -2.10. The molecule has 0 saturated carbocycles. The third-order valence-corrected chi connectivity index (χ3v) is 3.74. The van der Waals surface area contributed by atoms with E-state index in [2.05, 4.69) is 10.3 Å². The third-order valence-electron chi connectivity index (χ3n) is 2.37. The van der Waals surface area contributed by atoms with Gasteiger partial charge in [0.25, 0.3) is 0 Å². The van der Waals surface area contributed by atoms with Crippen molar-refractivity contribution in [3.8, 4) is 0 Å². The Hall–Kier alpha value is -1.24. The van der Waals surface area contributed by atoms with Gasteiger partial charge < -0.3 is 11.1 Å². The summed E-state index contributed by atoms with van der Waals surface area (Å²) in [5.41, 5.74) is 5.23. The molecule has 1 rings (SSSR count). The Morgan fingerprint density at radius 2 is 2.18 bits per heavy atom. The van der Waals surface area contributed by atoms with Crippen molar-refractivity contribution in [2.45, 2.75) is 18.6 Å². The van der Waals surface area contributed by atoms with Crippen LogP contribution in [0.5, 0.6) is 0 Å². The minimum atomic E-state index is -0.920. The minimum Gasteiger partial charge on any atom is -0.381 e. The van der Waals surface area contributed by atoms with E-state index in [1.807, 2.05) is 6.92 Å². The van der Waals surface area contributed by atoms with Gasteiger partial charge in [0.2, 0.25) is 0 Å². The van der Waals surface area contributed by atoms with Gasteiger partial charge in [0, 0.05) is 34.9 Å². The molecule has 1 aromatic rings. The van der Waals surface area contributed by atoms with E-state index in [4.69, 9.17) is 5.73 Å².